The summed E-state index contributed by atoms with van der Waals surface area (Å²) >= 11 is 0. The Hall–Kier alpha value is -1.10. The molecule has 2 heterocycles. The van der Waals surface area contributed by atoms with E-state index >= 15 is 0 Å². The van der Waals surface area contributed by atoms with Crippen LogP contribution in [0.25, 0.3) is 0 Å². The van der Waals surface area contributed by atoms with E-state index in [4.69, 9.17) is 0 Å². The van der Waals surface area contributed by atoms with Crippen LogP contribution < -0.4 is 10.6 Å². The maximum atomic E-state index is 12.7. The van der Waals surface area contributed by atoms with Crippen LogP contribution in [-0.4, -0.2) is 47.9 Å². The number of hydrogen-bond donors (Lipinski definition) is 2. The van der Waals surface area contributed by atoms with Gasteiger partial charge < -0.3 is 15.5 Å². The predicted octanol–water partition coefficient (Wildman–Crippen LogP) is 2.20. The Labute approximate surface area is 145 Å². The SMILES string of the molecule is CC(NC(=O)CC1CCCCC1)C(=O)N(C)C1CC2CCC(C1)N2. The van der Waals surface area contributed by atoms with Crippen LogP contribution in [0.2, 0.25) is 0 Å². The highest BCUT2D eigenvalue weighted by Crippen LogP contribution is 2.29. The zero-order chi connectivity index (χ0) is 17.1. The van der Waals surface area contributed by atoms with E-state index in [1.165, 1.54) is 32.1 Å². The summed E-state index contributed by atoms with van der Waals surface area (Å²) in [6.07, 6.45) is 11.2. The first-order valence-corrected chi connectivity index (χ1v) is 9.85. The summed E-state index contributed by atoms with van der Waals surface area (Å²) in [5.74, 6) is 0.610. The molecule has 3 aliphatic rings. The van der Waals surface area contributed by atoms with E-state index in [2.05, 4.69) is 10.6 Å². The van der Waals surface area contributed by atoms with Gasteiger partial charge in [0.25, 0.3) is 0 Å². The van der Waals surface area contributed by atoms with Gasteiger partial charge in [-0.2, -0.15) is 0 Å². The van der Waals surface area contributed by atoms with Crippen molar-refractivity contribution in [2.75, 3.05) is 7.05 Å². The number of nitrogens with one attached hydrogen (secondary N) is 2. The zero-order valence-corrected chi connectivity index (χ0v) is 15.2. The van der Waals surface area contributed by atoms with Gasteiger partial charge in [-0.05, 0) is 51.4 Å². The number of likely N-dealkylation sites (N-methyl/N-ethyl adjacent to an activating group) is 1. The van der Waals surface area contributed by atoms with Gasteiger partial charge in [-0.1, -0.05) is 19.3 Å². The van der Waals surface area contributed by atoms with Gasteiger partial charge in [0, 0.05) is 31.6 Å². The molecule has 1 saturated carbocycles. The molecule has 2 aliphatic heterocycles. The Kier molecular flexibility index (Phi) is 5.80. The van der Waals surface area contributed by atoms with Gasteiger partial charge in [0.1, 0.15) is 6.04 Å². The summed E-state index contributed by atoms with van der Waals surface area (Å²) < 4.78 is 0. The number of piperidine rings is 1. The summed E-state index contributed by atoms with van der Waals surface area (Å²) in [7, 11) is 1.90. The zero-order valence-electron chi connectivity index (χ0n) is 15.2. The largest absolute Gasteiger partial charge is 0.345 e. The number of nitrogens with zero attached hydrogens (tertiary/aromatic N) is 1. The lowest BCUT2D eigenvalue weighted by Crippen LogP contribution is -2.53. The van der Waals surface area contributed by atoms with Crippen molar-refractivity contribution in [1.29, 1.82) is 0 Å². The minimum absolute atomic E-state index is 0.0431. The van der Waals surface area contributed by atoms with Gasteiger partial charge in [0.15, 0.2) is 0 Å². The molecule has 24 heavy (non-hydrogen) atoms. The molecule has 0 aromatic carbocycles. The fraction of sp³-hybridized carbons (Fsp3) is 0.895. The predicted molar refractivity (Wildman–Crippen MR) is 94.5 cm³/mol. The summed E-state index contributed by atoms with van der Waals surface area (Å²) in [5, 5.41) is 6.55. The molecule has 0 radical (unpaired) electrons. The summed E-state index contributed by atoms with van der Waals surface area (Å²) in [6.45, 7) is 1.83. The van der Waals surface area contributed by atoms with Crippen molar-refractivity contribution in [1.82, 2.24) is 15.5 Å². The van der Waals surface area contributed by atoms with Gasteiger partial charge in [-0.25, -0.2) is 0 Å². The first-order chi connectivity index (χ1) is 11.5. The summed E-state index contributed by atoms with van der Waals surface area (Å²) in [5.41, 5.74) is 0. The molecule has 0 spiro atoms. The van der Waals surface area contributed by atoms with Crippen LogP contribution in [0.5, 0.6) is 0 Å². The topological polar surface area (TPSA) is 61.4 Å². The standard InChI is InChI=1S/C19H33N3O2/c1-13(20-18(23)10-14-6-4-3-5-7-14)19(24)22(2)17-11-15-8-9-16(12-17)21-15/h13-17,21H,3-12H2,1-2H3,(H,20,23). The third kappa shape index (κ3) is 4.29. The highest BCUT2D eigenvalue weighted by molar-refractivity contribution is 5.87. The fourth-order valence-corrected chi connectivity index (χ4v) is 4.84. The van der Waals surface area contributed by atoms with Crippen LogP contribution in [-0.2, 0) is 9.59 Å². The van der Waals surface area contributed by atoms with Crippen molar-refractivity contribution in [2.24, 2.45) is 5.92 Å². The summed E-state index contributed by atoms with van der Waals surface area (Å²) in [6, 6.07) is 1.04. The molecule has 5 nitrogen and oxygen atoms in total. The van der Waals surface area contributed by atoms with Crippen LogP contribution >= 0.6 is 0 Å². The molecule has 5 heteroatoms. The average molecular weight is 335 g/mol. The van der Waals surface area contributed by atoms with E-state index in [0.717, 1.165) is 25.7 Å². The van der Waals surface area contributed by atoms with Gasteiger partial charge in [0.2, 0.25) is 11.8 Å². The van der Waals surface area contributed by atoms with E-state index in [9.17, 15) is 9.59 Å². The van der Waals surface area contributed by atoms with Gasteiger partial charge in [0.05, 0.1) is 0 Å². The van der Waals surface area contributed by atoms with Gasteiger partial charge in [-0.3, -0.25) is 9.59 Å². The molecule has 2 saturated heterocycles. The van der Waals surface area contributed by atoms with Crippen LogP contribution in [0.15, 0.2) is 0 Å². The molecule has 3 rings (SSSR count). The number of hydrogen-bond acceptors (Lipinski definition) is 3. The van der Waals surface area contributed by atoms with Crippen molar-refractivity contribution < 1.29 is 9.59 Å². The fourth-order valence-electron chi connectivity index (χ4n) is 4.84. The third-order valence-electron chi connectivity index (χ3n) is 6.29. The third-order valence-corrected chi connectivity index (χ3v) is 6.29. The molecule has 2 amide bonds. The molecule has 136 valence electrons. The first-order valence-electron chi connectivity index (χ1n) is 9.85. The smallest absolute Gasteiger partial charge is 0.244 e. The van der Waals surface area contributed by atoms with Crippen LogP contribution in [0, 0.1) is 5.92 Å². The van der Waals surface area contributed by atoms with Crippen molar-refractivity contribution in [2.45, 2.75) is 95.3 Å². The van der Waals surface area contributed by atoms with Crippen molar-refractivity contribution in [3.05, 3.63) is 0 Å². The lowest BCUT2D eigenvalue weighted by molar-refractivity contribution is -0.137. The lowest BCUT2D eigenvalue weighted by Gasteiger charge is -2.36. The molecule has 2 N–H and O–H groups in total. The van der Waals surface area contributed by atoms with Crippen molar-refractivity contribution >= 4 is 11.8 Å². The number of fused-ring (bicyclic) bond motifs is 2. The van der Waals surface area contributed by atoms with Crippen molar-refractivity contribution in [3.63, 3.8) is 0 Å². The number of carbonyl (C=O) groups excluding carboxylic acids is 2. The Balaban J connectivity index is 1.45. The Morgan fingerprint density at radius 1 is 1.08 bits per heavy atom. The quantitative estimate of drug-likeness (QED) is 0.810. The Morgan fingerprint density at radius 3 is 2.33 bits per heavy atom. The minimum Gasteiger partial charge on any atom is -0.345 e. The second-order valence-electron chi connectivity index (χ2n) is 8.21. The second kappa shape index (κ2) is 7.85. The molecule has 2 bridgehead atoms. The van der Waals surface area contributed by atoms with Gasteiger partial charge in [-0.15, -0.1) is 0 Å². The average Bonchev–Trinajstić information content (AvgIpc) is 2.92. The van der Waals surface area contributed by atoms with Gasteiger partial charge >= 0.3 is 0 Å². The van der Waals surface area contributed by atoms with E-state index in [1.807, 2.05) is 18.9 Å². The monoisotopic (exact) mass is 335 g/mol. The van der Waals surface area contributed by atoms with E-state index < -0.39 is 6.04 Å². The molecule has 0 aromatic heterocycles. The minimum atomic E-state index is -0.418. The molecule has 3 unspecified atom stereocenters. The number of amides is 2. The molecular formula is C19H33N3O2. The van der Waals surface area contributed by atoms with E-state index in [-0.39, 0.29) is 11.8 Å². The molecule has 3 fully saturated rings. The maximum Gasteiger partial charge on any atom is 0.244 e. The molecule has 3 atom stereocenters. The lowest BCUT2D eigenvalue weighted by atomic mass is 9.87. The Morgan fingerprint density at radius 2 is 1.71 bits per heavy atom. The number of carbonyl (C=O) groups is 2. The second-order valence-corrected chi connectivity index (χ2v) is 8.21. The first kappa shape index (κ1) is 17.7. The van der Waals surface area contributed by atoms with Crippen LogP contribution in [0.1, 0.15) is 71.1 Å². The maximum absolute atomic E-state index is 12.7. The molecule has 0 aromatic rings. The normalized spacial score (nSPS) is 31.5. The molecule has 1 aliphatic carbocycles. The van der Waals surface area contributed by atoms with Crippen molar-refractivity contribution in [3.8, 4) is 0 Å². The highest BCUT2D eigenvalue weighted by Gasteiger charge is 2.37. The highest BCUT2D eigenvalue weighted by atomic mass is 16.2. The van der Waals surface area contributed by atoms with E-state index in [0.29, 0.717) is 30.5 Å². The van der Waals surface area contributed by atoms with Crippen LogP contribution in [0.3, 0.4) is 0 Å². The van der Waals surface area contributed by atoms with E-state index in [1.54, 1.807) is 0 Å². The van der Waals surface area contributed by atoms with Crippen LogP contribution in [0.4, 0.5) is 0 Å². The Bertz CT molecular complexity index is 450. The number of rotatable bonds is 5. The molecular weight excluding hydrogens is 302 g/mol. The summed E-state index contributed by atoms with van der Waals surface area (Å²) in [4.78, 5) is 26.8.